The van der Waals surface area contributed by atoms with Crippen LogP contribution in [0.1, 0.15) is 48.5 Å². The number of fused-ring (bicyclic) bond motifs is 2. The Morgan fingerprint density at radius 1 is 0.865 bits per heavy atom. The molecule has 2 amide bonds. The lowest BCUT2D eigenvalue weighted by Gasteiger charge is -2.20. The van der Waals surface area contributed by atoms with E-state index in [1.54, 1.807) is 24.3 Å². The van der Waals surface area contributed by atoms with E-state index < -0.39 is 11.7 Å². The van der Waals surface area contributed by atoms with E-state index in [-0.39, 0.29) is 35.8 Å². The van der Waals surface area contributed by atoms with Crippen molar-refractivity contribution in [2.75, 3.05) is 13.1 Å². The van der Waals surface area contributed by atoms with Gasteiger partial charge in [0.15, 0.2) is 0 Å². The first kappa shape index (κ1) is 26.5. The molecule has 3 aromatic rings. The molecule has 0 saturated heterocycles. The molecule has 2 aliphatic heterocycles. The van der Waals surface area contributed by atoms with Crippen LogP contribution in [0.5, 0.6) is 5.75 Å². The second-order valence-corrected chi connectivity index (χ2v) is 8.90. The summed E-state index contributed by atoms with van der Waals surface area (Å²) in [5.74, 6) is 0.00439. The first-order chi connectivity index (χ1) is 17.7. The summed E-state index contributed by atoms with van der Waals surface area (Å²) >= 11 is 5.88. The van der Waals surface area contributed by atoms with Crippen molar-refractivity contribution < 1.29 is 32.6 Å². The minimum atomic E-state index is -4.45. The number of halogens is 4. The van der Waals surface area contributed by atoms with Gasteiger partial charge in [0.2, 0.25) is 0 Å². The van der Waals surface area contributed by atoms with Gasteiger partial charge in [-0.15, -0.1) is 0 Å². The zero-order valence-electron chi connectivity index (χ0n) is 19.6. The van der Waals surface area contributed by atoms with Crippen molar-refractivity contribution in [3.8, 4) is 5.75 Å². The van der Waals surface area contributed by atoms with Crippen LogP contribution in [0.2, 0.25) is 5.02 Å². The number of nitrogens with one attached hydrogen (secondary N) is 2. The highest BCUT2D eigenvalue weighted by Gasteiger charge is 2.31. The van der Waals surface area contributed by atoms with E-state index in [0.29, 0.717) is 30.6 Å². The van der Waals surface area contributed by atoms with E-state index in [1.807, 2.05) is 12.1 Å². The van der Waals surface area contributed by atoms with Gasteiger partial charge in [-0.2, -0.15) is 13.2 Å². The highest BCUT2D eigenvalue weighted by Crippen LogP contribution is 2.35. The maximum absolute atomic E-state index is 12.6. The predicted molar refractivity (Wildman–Crippen MR) is 132 cm³/mol. The van der Waals surface area contributed by atoms with Crippen LogP contribution in [-0.4, -0.2) is 30.0 Å². The Hall–Kier alpha value is -3.56. The van der Waals surface area contributed by atoms with Gasteiger partial charge in [0.05, 0.1) is 17.2 Å². The second kappa shape index (κ2) is 11.2. The third-order valence-corrected chi connectivity index (χ3v) is 6.46. The molecular formula is C27H24ClF3N2O4. The normalized spacial score (nSPS) is 14.4. The number of ether oxygens (including phenoxy) is 1. The Kier molecular flexibility index (Phi) is 8.04. The number of aliphatic hydroxyl groups excluding tert-OH is 1. The van der Waals surface area contributed by atoms with E-state index in [1.165, 1.54) is 6.07 Å². The van der Waals surface area contributed by atoms with Crippen LogP contribution in [-0.2, 0) is 32.2 Å². The number of carbonyl (C=O) groups is 2. The SMILES string of the molecule is O=C1NCCc2c(CO)cccc21.O=C1NCCc2c(COc3ccc(C(F)(F)F)cc3Cl)cccc21. The Labute approximate surface area is 216 Å². The van der Waals surface area contributed by atoms with Gasteiger partial charge in [0.25, 0.3) is 11.8 Å². The number of carbonyl (C=O) groups excluding carboxylic acids is 2. The van der Waals surface area contributed by atoms with Crippen LogP contribution in [0, 0.1) is 0 Å². The summed E-state index contributed by atoms with van der Waals surface area (Å²) in [5.41, 5.74) is 4.05. The van der Waals surface area contributed by atoms with Crippen LogP contribution in [0.15, 0.2) is 54.6 Å². The smallest absolute Gasteiger partial charge is 0.416 e. The summed E-state index contributed by atoms with van der Waals surface area (Å²) in [6, 6.07) is 13.7. The van der Waals surface area contributed by atoms with Crippen molar-refractivity contribution in [3.63, 3.8) is 0 Å². The van der Waals surface area contributed by atoms with Gasteiger partial charge in [0.1, 0.15) is 12.4 Å². The molecular weight excluding hydrogens is 509 g/mol. The molecule has 10 heteroatoms. The topological polar surface area (TPSA) is 87.7 Å². The van der Waals surface area contributed by atoms with Gasteiger partial charge in [-0.05, 0) is 65.4 Å². The molecule has 194 valence electrons. The fourth-order valence-electron chi connectivity index (χ4n) is 4.31. The number of rotatable bonds is 4. The zero-order valence-corrected chi connectivity index (χ0v) is 20.4. The summed E-state index contributed by atoms with van der Waals surface area (Å²) in [6.45, 7) is 1.35. The first-order valence-electron chi connectivity index (χ1n) is 11.6. The average molecular weight is 533 g/mol. The minimum Gasteiger partial charge on any atom is -0.487 e. The summed E-state index contributed by atoms with van der Waals surface area (Å²) in [7, 11) is 0. The van der Waals surface area contributed by atoms with Gasteiger partial charge >= 0.3 is 6.18 Å². The van der Waals surface area contributed by atoms with Gasteiger partial charge < -0.3 is 20.5 Å². The molecule has 0 radical (unpaired) electrons. The van der Waals surface area contributed by atoms with Crippen LogP contribution >= 0.6 is 11.6 Å². The fourth-order valence-corrected chi connectivity index (χ4v) is 4.55. The number of benzene rings is 3. The Bertz CT molecular complexity index is 1330. The molecule has 3 aromatic carbocycles. The molecule has 0 saturated carbocycles. The third-order valence-electron chi connectivity index (χ3n) is 6.17. The summed E-state index contributed by atoms with van der Waals surface area (Å²) in [6.07, 6.45) is -2.95. The van der Waals surface area contributed by atoms with Crippen LogP contribution in [0.25, 0.3) is 0 Å². The van der Waals surface area contributed by atoms with Crippen LogP contribution < -0.4 is 15.4 Å². The van der Waals surface area contributed by atoms with E-state index >= 15 is 0 Å². The zero-order chi connectivity index (χ0) is 26.6. The molecule has 0 aromatic heterocycles. The molecule has 3 N–H and O–H groups in total. The van der Waals surface area contributed by atoms with Crippen molar-refractivity contribution in [1.82, 2.24) is 10.6 Å². The van der Waals surface area contributed by atoms with Crippen molar-refractivity contribution in [2.45, 2.75) is 32.2 Å². The van der Waals surface area contributed by atoms with Gasteiger partial charge in [-0.3, -0.25) is 9.59 Å². The third kappa shape index (κ3) is 6.06. The van der Waals surface area contributed by atoms with Gasteiger partial charge in [0, 0.05) is 24.2 Å². The number of aliphatic hydroxyl groups is 1. The molecule has 0 aliphatic carbocycles. The molecule has 0 unspecified atom stereocenters. The molecule has 2 aliphatic rings. The fraction of sp³-hybridized carbons (Fsp3) is 0.259. The maximum atomic E-state index is 12.6. The Morgan fingerprint density at radius 3 is 1.97 bits per heavy atom. The molecule has 0 spiro atoms. The largest absolute Gasteiger partial charge is 0.487 e. The van der Waals surface area contributed by atoms with Crippen molar-refractivity contribution in [1.29, 1.82) is 0 Å². The molecule has 5 rings (SSSR count). The molecule has 0 bridgehead atoms. The lowest BCUT2D eigenvalue weighted by molar-refractivity contribution is -0.137. The van der Waals surface area contributed by atoms with E-state index in [0.717, 1.165) is 40.8 Å². The second-order valence-electron chi connectivity index (χ2n) is 8.49. The average Bonchev–Trinajstić information content (AvgIpc) is 2.88. The van der Waals surface area contributed by atoms with Crippen LogP contribution in [0.4, 0.5) is 13.2 Å². The van der Waals surface area contributed by atoms with E-state index in [9.17, 15) is 22.8 Å². The van der Waals surface area contributed by atoms with Crippen molar-refractivity contribution in [2.24, 2.45) is 0 Å². The number of hydrogen-bond acceptors (Lipinski definition) is 4. The lowest BCUT2D eigenvalue weighted by Crippen LogP contribution is -2.32. The standard InChI is InChI=1S/C17H13ClF3NO2.C10H11NO2/c18-14-8-11(17(19,20)21)4-5-15(14)24-9-10-2-1-3-13-12(10)6-7-22-16(13)23;12-6-7-2-1-3-9-8(7)4-5-11-10(9)13/h1-5,8H,6-7,9H2,(H,22,23);1-3,12H,4-6H2,(H,11,13). The highest BCUT2D eigenvalue weighted by molar-refractivity contribution is 6.32. The minimum absolute atomic E-state index is 0.0104. The van der Waals surface area contributed by atoms with Crippen molar-refractivity contribution in [3.05, 3.63) is 98.6 Å². The van der Waals surface area contributed by atoms with Crippen LogP contribution in [0.3, 0.4) is 0 Å². The summed E-state index contributed by atoms with van der Waals surface area (Å²) in [5, 5.41) is 14.5. The lowest BCUT2D eigenvalue weighted by atomic mass is 9.95. The molecule has 0 fully saturated rings. The number of amides is 2. The predicted octanol–water partition coefficient (Wildman–Crippen LogP) is 4.69. The maximum Gasteiger partial charge on any atom is 0.416 e. The molecule has 0 atom stereocenters. The number of hydrogen-bond donors (Lipinski definition) is 3. The summed E-state index contributed by atoms with van der Waals surface area (Å²) in [4.78, 5) is 23.2. The first-order valence-corrected chi connectivity index (χ1v) is 11.9. The Balaban J connectivity index is 0.000000207. The molecule has 2 heterocycles. The Morgan fingerprint density at radius 2 is 1.43 bits per heavy atom. The molecule has 6 nitrogen and oxygen atoms in total. The van der Waals surface area contributed by atoms with Gasteiger partial charge in [-0.25, -0.2) is 0 Å². The quantitative estimate of drug-likeness (QED) is 0.455. The van der Waals surface area contributed by atoms with E-state index in [2.05, 4.69) is 10.6 Å². The van der Waals surface area contributed by atoms with Crippen molar-refractivity contribution >= 4 is 23.4 Å². The summed E-state index contributed by atoms with van der Waals surface area (Å²) < 4.78 is 43.5. The van der Waals surface area contributed by atoms with Gasteiger partial charge in [-0.1, -0.05) is 35.9 Å². The molecule has 37 heavy (non-hydrogen) atoms. The number of alkyl halides is 3. The monoisotopic (exact) mass is 532 g/mol. The highest BCUT2D eigenvalue weighted by atomic mass is 35.5. The van der Waals surface area contributed by atoms with E-state index in [4.69, 9.17) is 21.4 Å².